The van der Waals surface area contributed by atoms with Gasteiger partial charge in [-0.15, -0.1) is 0 Å². The fourth-order valence-electron chi connectivity index (χ4n) is 1.54. The highest BCUT2D eigenvalue weighted by Gasteiger charge is 2.38. The number of benzene rings is 1. The molecule has 0 aliphatic carbocycles. The summed E-state index contributed by atoms with van der Waals surface area (Å²) in [5, 5.41) is 2.55. The number of rotatable bonds is 3. The summed E-state index contributed by atoms with van der Waals surface area (Å²) in [4.78, 5) is 0. The molecule has 5 heteroatoms. The second-order valence-corrected chi connectivity index (χ2v) is 3.70. The van der Waals surface area contributed by atoms with Crippen molar-refractivity contribution >= 4 is 0 Å². The molecule has 1 aliphatic rings. The third-order valence-electron chi connectivity index (χ3n) is 2.73. The Morgan fingerprint density at radius 2 is 2.00 bits per heavy atom. The molecule has 0 bridgehead atoms. The molecule has 0 spiro atoms. The average Bonchev–Trinajstić information content (AvgIpc) is 2.74. The lowest BCUT2D eigenvalue weighted by Crippen LogP contribution is -2.38. The quantitative estimate of drug-likeness (QED) is 0.861. The van der Waals surface area contributed by atoms with Crippen LogP contribution in [0.1, 0.15) is 12.5 Å². The van der Waals surface area contributed by atoms with Crippen LogP contribution in [0.4, 0.5) is 8.78 Å². The summed E-state index contributed by atoms with van der Waals surface area (Å²) in [6.45, 7) is 1.52. The van der Waals surface area contributed by atoms with E-state index in [1.54, 1.807) is 0 Å². The van der Waals surface area contributed by atoms with E-state index in [1.807, 2.05) is 0 Å². The third-order valence-corrected chi connectivity index (χ3v) is 2.73. The number of hydrogen-bond donors (Lipinski definition) is 1. The predicted octanol–water partition coefficient (Wildman–Crippen LogP) is 2.12. The molecule has 1 N–H and O–H groups in total. The largest absolute Gasteiger partial charge is 0.454 e. The molecule has 1 aromatic rings. The summed E-state index contributed by atoms with van der Waals surface area (Å²) in [7, 11) is 1.51. The predicted molar refractivity (Wildman–Crippen MR) is 55.0 cm³/mol. The highest BCUT2D eigenvalue weighted by Crippen LogP contribution is 2.39. The number of likely N-dealkylation sites (N-methyl/N-ethyl adjacent to an activating group) is 1. The molecule has 0 amide bonds. The van der Waals surface area contributed by atoms with Gasteiger partial charge in [0, 0.05) is 5.56 Å². The van der Waals surface area contributed by atoms with E-state index in [0.717, 1.165) is 0 Å². The molecular formula is C11H13F2NO2. The van der Waals surface area contributed by atoms with Crippen LogP contribution in [0.3, 0.4) is 0 Å². The summed E-state index contributed by atoms with van der Waals surface area (Å²) in [5.74, 6) is -2.05. The molecule has 88 valence electrons. The molecule has 0 saturated heterocycles. The topological polar surface area (TPSA) is 30.5 Å². The van der Waals surface area contributed by atoms with Crippen LogP contribution in [-0.4, -0.2) is 19.9 Å². The zero-order valence-corrected chi connectivity index (χ0v) is 9.09. The fraction of sp³-hybridized carbons (Fsp3) is 0.455. The molecular weight excluding hydrogens is 216 g/mol. The highest BCUT2D eigenvalue weighted by atomic mass is 19.3. The first-order chi connectivity index (χ1) is 7.55. The van der Waals surface area contributed by atoms with E-state index in [0.29, 0.717) is 11.5 Å². The van der Waals surface area contributed by atoms with Crippen LogP contribution >= 0.6 is 0 Å². The van der Waals surface area contributed by atoms with Gasteiger partial charge in [0.2, 0.25) is 6.79 Å². The van der Waals surface area contributed by atoms with Crippen LogP contribution in [0.2, 0.25) is 0 Å². The maximum Gasteiger partial charge on any atom is 0.288 e. The molecule has 16 heavy (non-hydrogen) atoms. The number of halogens is 2. The van der Waals surface area contributed by atoms with Gasteiger partial charge in [0.05, 0.1) is 6.04 Å². The number of nitrogens with one attached hydrogen (secondary N) is 1. The van der Waals surface area contributed by atoms with Gasteiger partial charge in [0.25, 0.3) is 5.92 Å². The SMILES string of the molecule is CNC(C)C(F)(F)c1ccc2c(c1)OCO2. The molecule has 1 heterocycles. The fourth-order valence-corrected chi connectivity index (χ4v) is 1.54. The molecule has 1 unspecified atom stereocenters. The van der Waals surface area contributed by atoms with Gasteiger partial charge in [-0.2, -0.15) is 8.78 Å². The lowest BCUT2D eigenvalue weighted by Gasteiger charge is -2.23. The minimum atomic E-state index is -2.93. The summed E-state index contributed by atoms with van der Waals surface area (Å²) >= 11 is 0. The second-order valence-electron chi connectivity index (χ2n) is 3.70. The lowest BCUT2D eigenvalue weighted by atomic mass is 10.0. The molecule has 0 aromatic heterocycles. The zero-order valence-electron chi connectivity index (χ0n) is 9.09. The van der Waals surface area contributed by atoms with Crippen molar-refractivity contribution in [3.8, 4) is 11.5 Å². The first-order valence-electron chi connectivity index (χ1n) is 5.01. The van der Waals surface area contributed by atoms with E-state index < -0.39 is 12.0 Å². The maximum absolute atomic E-state index is 13.9. The van der Waals surface area contributed by atoms with Crippen molar-refractivity contribution in [1.82, 2.24) is 5.32 Å². The van der Waals surface area contributed by atoms with E-state index in [1.165, 1.54) is 32.2 Å². The molecule has 0 saturated carbocycles. The number of ether oxygens (including phenoxy) is 2. The van der Waals surface area contributed by atoms with E-state index in [-0.39, 0.29) is 12.4 Å². The normalized spacial score (nSPS) is 16.2. The van der Waals surface area contributed by atoms with Crippen molar-refractivity contribution in [2.45, 2.75) is 18.9 Å². The number of fused-ring (bicyclic) bond motifs is 1. The molecule has 1 atom stereocenters. The smallest absolute Gasteiger partial charge is 0.288 e. The van der Waals surface area contributed by atoms with Gasteiger partial charge in [-0.3, -0.25) is 0 Å². The van der Waals surface area contributed by atoms with Gasteiger partial charge in [0.1, 0.15) is 0 Å². The van der Waals surface area contributed by atoms with Gasteiger partial charge in [-0.25, -0.2) is 0 Å². The summed E-state index contributed by atoms with van der Waals surface area (Å²) in [6.07, 6.45) is 0. The minimum absolute atomic E-state index is 0.0707. The molecule has 0 fully saturated rings. The Hall–Kier alpha value is -1.36. The van der Waals surface area contributed by atoms with Gasteiger partial charge in [-0.1, -0.05) is 0 Å². The van der Waals surface area contributed by atoms with Crippen LogP contribution in [0.5, 0.6) is 11.5 Å². The highest BCUT2D eigenvalue weighted by molar-refractivity contribution is 5.45. The second kappa shape index (κ2) is 3.90. The van der Waals surface area contributed by atoms with Crippen LogP contribution < -0.4 is 14.8 Å². The number of alkyl halides is 2. The summed E-state index contributed by atoms with van der Waals surface area (Å²) in [5.41, 5.74) is -0.0707. The standard InChI is InChI=1S/C11H13F2NO2/c1-7(14-2)11(12,13)8-3-4-9-10(5-8)16-6-15-9/h3-5,7,14H,6H2,1-2H3. The van der Waals surface area contributed by atoms with Crippen molar-refractivity contribution in [3.63, 3.8) is 0 Å². The third kappa shape index (κ3) is 1.71. The Balaban J connectivity index is 2.34. The average molecular weight is 229 g/mol. The van der Waals surface area contributed by atoms with E-state index in [2.05, 4.69) is 5.32 Å². The van der Waals surface area contributed by atoms with E-state index >= 15 is 0 Å². The van der Waals surface area contributed by atoms with Crippen LogP contribution in [-0.2, 0) is 5.92 Å². The minimum Gasteiger partial charge on any atom is -0.454 e. The Kier molecular flexibility index (Phi) is 2.71. The summed E-state index contributed by atoms with van der Waals surface area (Å²) in [6, 6.07) is 3.26. The molecule has 1 aliphatic heterocycles. The van der Waals surface area contributed by atoms with Crippen LogP contribution in [0.15, 0.2) is 18.2 Å². The lowest BCUT2D eigenvalue weighted by molar-refractivity contribution is -0.0355. The van der Waals surface area contributed by atoms with E-state index in [4.69, 9.17) is 9.47 Å². The van der Waals surface area contributed by atoms with Gasteiger partial charge in [-0.05, 0) is 32.2 Å². The number of hydrogen-bond acceptors (Lipinski definition) is 3. The first-order valence-corrected chi connectivity index (χ1v) is 5.01. The molecule has 0 radical (unpaired) electrons. The summed E-state index contributed by atoms with van der Waals surface area (Å²) < 4.78 is 37.9. The Morgan fingerprint density at radius 3 is 2.69 bits per heavy atom. The Morgan fingerprint density at radius 1 is 1.31 bits per heavy atom. The zero-order chi connectivity index (χ0) is 11.8. The van der Waals surface area contributed by atoms with Crippen LogP contribution in [0, 0.1) is 0 Å². The first kappa shape index (κ1) is 11.1. The Bertz CT molecular complexity index is 396. The van der Waals surface area contributed by atoms with Crippen molar-refractivity contribution in [3.05, 3.63) is 23.8 Å². The van der Waals surface area contributed by atoms with Crippen molar-refractivity contribution in [1.29, 1.82) is 0 Å². The van der Waals surface area contributed by atoms with Crippen LogP contribution in [0.25, 0.3) is 0 Å². The molecule has 3 nitrogen and oxygen atoms in total. The van der Waals surface area contributed by atoms with E-state index in [9.17, 15) is 8.78 Å². The van der Waals surface area contributed by atoms with Gasteiger partial charge >= 0.3 is 0 Å². The monoisotopic (exact) mass is 229 g/mol. The van der Waals surface area contributed by atoms with Gasteiger partial charge < -0.3 is 14.8 Å². The molecule has 1 aromatic carbocycles. The van der Waals surface area contributed by atoms with Gasteiger partial charge in [0.15, 0.2) is 11.5 Å². The van der Waals surface area contributed by atoms with Crippen molar-refractivity contribution < 1.29 is 18.3 Å². The maximum atomic E-state index is 13.9. The van der Waals surface area contributed by atoms with Crippen molar-refractivity contribution in [2.24, 2.45) is 0 Å². The molecule has 2 rings (SSSR count). The Labute approximate surface area is 92.4 Å². The van der Waals surface area contributed by atoms with Crippen molar-refractivity contribution in [2.75, 3.05) is 13.8 Å².